The van der Waals surface area contributed by atoms with Gasteiger partial charge in [0.25, 0.3) is 0 Å². The van der Waals surface area contributed by atoms with Crippen molar-refractivity contribution in [3.05, 3.63) is 41.0 Å². The highest BCUT2D eigenvalue weighted by Crippen LogP contribution is 2.22. The maximum atomic E-state index is 12.1. The van der Waals surface area contributed by atoms with E-state index in [1.54, 1.807) is 17.7 Å². The van der Waals surface area contributed by atoms with E-state index >= 15 is 0 Å². The highest BCUT2D eigenvalue weighted by atomic mass is 32.1. The lowest BCUT2D eigenvalue weighted by atomic mass is 10.2. The summed E-state index contributed by atoms with van der Waals surface area (Å²) in [5.74, 6) is 2.01. The van der Waals surface area contributed by atoms with Gasteiger partial charge in [0.15, 0.2) is 5.82 Å². The van der Waals surface area contributed by atoms with Gasteiger partial charge in [0.1, 0.15) is 10.8 Å². The van der Waals surface area contributed by atoms with Crippen LogP contribution in [0, 0.1) is 6.92 Å². The van der Waals surface area contributed by atoms with Crippen molar-refractivity contribution in [1.29, 1.82) is 0 Å². The molecule has 0 aliphatic rings. The number of nitrogens with one attached hydrogen (secondary N) is 1. The number of fused-ring (bicyclic) bond motifs is 1. The summed E-state index contributed by atoms with van der Waals surface area (Å²) < 4.78 is 12.5. The maximum Gasteiger partial charge on any atom is 0.247 e. The number of ether oxygens (including phenoxy) is 1. The molecular weight excluding hydrogens is 382 g/mol. The molecule has 10 nitrogen and oxygen atoms in total. The quantitative estimate of drug-likeness (QED) is 0.499. The normalized spacial score (nSPS) is 11.1. The molecule has 0 radical (unpaired) electrons. The fourth-order valence-corrected chi connectivity index (χ4v) is 3.41. The molecule has 0 saturated carbocycles. The molecule has 0 atom stereocenters. The van der Waals surface area contributed by atoms with Crippen LogP contribution >= 0.6 is 11.3 Å². The van der Waals surface area contributed by atoms with Crippen molar-refractivity contribution in [3.63, 3.8) is 0 Å². The molecule has 1 amide bonds. The van der Waals surface area contributed by atoms with Crippen LogP contribution in [-0.4, -0.2) is 43.0 Å². The molecule has 0 saturated heterocycles. The van der Waals surface area contributed by atoms with Gasteiger partial charge in [-0.15, -0.1) is 20.4 Å². The Hall–Kier alpha value is -3.34. The largest absolute Gasteiger partial charge is 0.497 e. The molecule has 0 fully saturated rings. The lowest BCUT2D eigenvalue weighted by Crippen LogP contribution is -2.23. The second-order valence-corrected chi connectivity index (χ2v) is 6.99. The summed E-state index contributed by atoms with van der Waals surface area (Å²) in [7, 11) is 1.59. The summed E-state index contributed by atoms with van der Waals surface area (Å²) in [5.41, 5.74) is 0.753. The van der Waals surface area contributed by atoms with Crippen molar-refractivity contribution in [2.45, 2.75) is 26.3 Å². The van der Waals surface area contributed by atoms with E-state index < -0.39 is 0 Å². The van der Waals surface area contributed by atoms with Crippen LogP contribution in [0.5, 0.6) is 5.75 Å². The number of rotatable bonds is 7. The minimum Gasteiger partial charge on any atom is -0.497 e. The van der Waals surface area contributed by atoms with Crippen molar-refractivity contribution in [1.82, 2.24) is 35.3 Å². The predicted octanol–water partition coefficient (Wildman–Crippen LogP) is 1.80. The number of hydrogen-bond donors (Lipinski definition) is 1. The summed E-state index contributed by atoms with van der Waals surface area (Å²) in [4.78, 5) is 12.8. The number of carbonyl (C=O) groups excluding carboxylic acids is 1. The Morgan fingerprint density at radius 1 is 1.29 bits per heavy atom. The summed E-state index contributed by atoms with van der Waals surface area (Å²) >= 11 is 1.43. The average Bonchev–Trinajstić information content (AvgIpc) is 3.42. The molecule has 0 spiro atoms. The zero-order chi connectivity index (χ0) is 19.5. The number of methoxy groups -OCH3 is 1. The first-order valence-corrected chi connectivity index (χ1v) is 9.35. The number of aryl methyl sites for hydroxylation is 2. The van der Waals surface area contributed by atoms with Gasteiger partial charge < -0.3 is 14.5 Å². The molecular formula is C17H17N7O3S. The SMILES string of the molecule is COc1cccc(-c2nnc(CNC(=O)CCc3nn4c(C)nnc4s3)o2)c1. The van der Waals surface area contributed by atoms with Gasteiger partial charge in [-0.1, -0.05) is 17.4 Å². The van der Waals surface area contributed by atoms with Crippen molar-refractivity contribution in [2.24, 2.45) is 0 Å². The van der Waals surface area contributed by atoms with E-state index in [2.05, 4.69) is 30.8 Å². The molecule has 3 heterocycles. The monoisotopic (exact) mass is 399 g/mol. The van der Waals surface area contributed by atoms with Gasteiger partial charge in [0.05, 0.1) is 13.7 Å². The van der Waals surface area contributed by atoms with Crippen LogP contribution in [-0.2, 0) is 17.8 Å². The summed E-state index contributed by atoms with van der Waals surface area (Å²) in [5, 5.41) is 23.9. The third kappa shape index (κ3) is 3.83. The first-order valence-electron chi connectivity index (χ1n) is 8.53. The van der Waals surface area contributed by atoms with E-state index in [-0.39, 0.29) is 12.5 Å². The highest BCUT2D eigenvalue weighted by molar-refractivity contribution is 7.16. The fourth-order valence-electron chi connectivity index (χ4n) is 2.54. The molecule has 0 aliphatic carbocycles. The van der Waals surface area contributed by atoms with Crippen LogP contribution < -0.4 is 10.1 Å². The lowest BCUT2D eigenvalue weighted by Gasteiger charge is -2.01. The third-order valence-electron chi connectivity index (χ3n) is 3.97. The smallest absolute Gasteiger partial charge is 0.247 e. The number of carbonyl (C=O) groups is 1. The van der Waals surface area contributed by atoms with Gasteiger partial charge in [-0.25, -0.2) is 0 Å². The Kier molecular flexibility index (Phi) is 4.98. The predicted molar refractivity (Wildman–Crippen MR) is 99.8 cm³/mol. The van der Waals surface area contributed by atoms with E-state index in [4.69, 9.17) is 9.15 Å². The van der Waals surface area contributed by atoms with Crippen molar-refractivity contribution in [2.75, 3.05) is 7.11 Å². The molecule has 0 bridgehead atoms. The van der Waals surface area contributed by atoms with Crippen LogP contribution in [0.1, 0.15) is 23.1 Å². The molecule has 3 aromatic heterocycles. The minimum atomic E-state index is -0.121. The average molecular weight is 399 g/mol. The van der Waals surface area contributed by atoms with Gasteiger partial charge >= 0.3 is 0 Å². The van der Waals surface area contributed by atoms with E-state index in [0.29, 0.717) is 30.4 Å². The molecule has 1 N–H and O–H groups in total. The molecule has 4 rings (SSSR count). The number of benzene rings is 1. The molecule has 28 heavy (non-hydrogen) atoms. The zero-order valence-corrected chi connectivity index (χ0v) is 16.1. The summed E-state index contributed by atoms with van der Waals surface area (Å²) in [6.07, 6.45) is 0.832. The molecule has 11 heteroatoms. The fraction of sp³-hybridized carbons (Fsp3) is 0.294. The Labute approximate surface area is 163 Å². The van der Waals surface area contributed by atoms with Gasteiger partial charge in [-0.05, 0) is 25.1 Å². The second-order valence-electron chi connectivity index (χ2n) is 5.95. The highest BCUT2D eigenvalue weighted by Gasteiger charge is 2.13. The maximum absolute atomic E-state index is 12.1. The lowest BCUT2D eigenvalue weighted by molar-refractivity contribution is -0.121. The van der Waals surface area contributed by atoms with E-state index in [1.807, 2.05) is 25.1 Å². The summed E-state index contributed by atoms with van der Waals surface area (Å²) in [6.45, 7) is 2.00. The van der Waals surface area contributed by atoms with Crippen molar-refractivity contribution < 1.29 is 13.9 Å². The van der Waals surface area contributed by atoms with Crippen LogP contribution in [0.2, 0.25) is 0 Å². The minimum absolute atomic E-state index is 0.121. The number of hydrogen-bond acceptors (Lipinski definition) is 9. The Morgan fingerprint density at radius 3 is 3.00 bits per heavy atom. The Morgan fingerprint density at radius 2 is 2.18 bits per heavy atom. The number of nitrogens with zero attached hydrogens (tertiary/aromatic N) is 6. The second kappa shape index (κ2) is 7.72. The molecule has 144 valence electrons. The standard InChI is InChI=1S/C17H17N7O3S/c1-10-19-22-17-24(10)23-15(28-17)7-6-13(25)18-9-14-20-21-16(27-14)11-4-3-5-12(8-11)26-2/h3-5,8H,6-7,9H2,1-2H3,(H,18,25). The molecule has 1 aromatic carbocycles. The Bertz CT molecular complexity index is 1120. The zero-order valence-electron chi connectivity index (χ0n) is 15.2. The van der Waals surface area contributed by atoms with Crippen molar-refractivity contribution in [3.8, 4) is 17.2 Å². The van der Waals surface area contributed by atoms with Crippen LogP contribution in [0.25, 0.3) is 16.4 Å². The van der Waals surface area contributed by atoms with Gasteiger partial charge in [0.2, 0.25) is 22.6 Å². The third-order valence-corrected chi connectivity index (χ3v) is 4.93. The van der Waals surface area contributed by atoms with Crippen LogP contribution in [0.3, 0.4) is 0 Å². The van der Waals surface area contributed by atoms with Crippen molar-refractivity contribution >= 4 is 22.2 Å². The van der Waals surface area contributed by atoms with Crippen LogP contribution in [0.4, 0.5) is 0 Å². The first kappa shape index (κ1) is 18.0. The summed E-state index contributed by atoms with van der Waals surface area (Å²) in [6, 6.07) is 7.32. The number of aromatic nitrogens is 6. The Balaban J connectivity index is 1.30. The molecule has 4 aromatic rings. The number of amides is 1. The van der Waals surface area contributed by atoms with Gasteiger partial charge in [-0.3, -0.25) is 4.79 Å². The van der Waals surface area contributed by atoms with E-state index in [0.717, 1.165) is 21.4 Å². The van der Waals surface area contributed by atoms with Gasteiger partial charge in [-0.2, -0.15) is 9.61 Å². The molecule has 0 aliphatic heterocycles. The van der Waals surface area contributed by atoms with Crippen LogP contribution in [0.15, 0.2) is 28.7 Å². The topological polar surface area (TPSA) is 120 Å². The van der Waals surface area contributed by atoms with E-state index in [1.165, 1.54) is 11.3 Å². The van der Waals surface area contributed by atoms with E-state index in [9.17, 15) is 4.79 Å². The van der Waals surface area contributed by atoms with Gasteiger partial charge in [0, 0.05) is 18.4 Å². The molecule has 0 unspecified atom stereocenters. The first-order chi connectivity index (χ1) is 13.6.